The third-order valence-electron chi connectivity index (χ3n) is 4.11. The Labute approximate surface area is 48.7 Å². The maximum Gasteiger partial charge on any atom is 0.0415 e. The Balaban J connectivity index is 2.02. The van der Waals surface area contributed by atoms with Crippen molar-refractivity contribution in [1.29, 1.82) is 0 Å². The van der Waals surface area contributed by atoms with Crippen LogP contribution < -0.4 is 0 Å². The van der Waals surface area contributed by atoms with E-state index in [0.29, 0.717) is 0 Å². The Bertz CT molecular complexity index is 178. The van der Waals surface area contributed by atoms with E-state index in [1.54, 1.807) is 19.3 Å². The molecule has 8 heavy (non-hydrogen) atoms. The van der Waals surface area contributed by atoms with Crippen LogP contribution in [0.25, 0.3) is 0 Å². The van der Waals surface area contributed by atoms with Crippen LogP contribution in [0.1, 0.15) is 19.3 Å². The summed E-state index contributed by atoms with van der Waals surface area (Å²) in [5, 5.41) is 0. The summed E-state index contributed by atoms with van der Waals surface area (Å²) in [4.78, 5) is 2.74. The van der Waals surface area contributed by atoms with Gasteiger partial charge in [0, 0.05) is 17.6 Å². The van der Waals surface area contributed by atoms with Crippen LogP contribution >= 0.6 is 0 Å². The van der Waals surface area contributed by atoms with Gasteiger partial charge in [-0.1, -0.05) is 0 Å². The SMILES string of the molecule is C1C[C@]23C1C1CC2N13. The van der Waals surface area contributed by atoms with Crippen molar-refractivity contribution in [2.75, 3.05) is 0 Å². The summed E-state index contributed by atoms with van der Waals surface area (Å²) >= 11 is 0. The average Bonchev–Trinajstić information content (AvgIpc) is 2.13. The monoisotopic (exact) mass is 107 g/mol. The molecular formula is C7H9N. The Kier molecular flexibility index (Phi) is 0.226. The molecule has 3 heterocycles. The second-order valence-corrected chi connectivity index (χ2v) is 3.86. The molecule has 3 saturated heterocycles. The van der Waals surface area contributed by atoms with Crippen LogP contribution in [0.5, 0.6) is 0 Å². The fourth-order valence-electron chi connectivity index (χ4n) is 3.64. The molecule has 4 fully saturated rings. The van der Waals surface area contributed by atoms with Crippen molar-refractivity contribution in [2.45, 2.75) is 36.9 Å². The first kappa shape index (κ1) is 3.21. The highest BCUT2D eigenvalue weighted by Gasteiger charge is 2.89. The van der Waals surface area contributed by atoms with E-state index in [1.807, 2.05) is 0 Å². The lowest BCUT2D eigenvalue weighted by molar-refractivity contribution is -0.0272. The molecule has 1 nitrogen and oxygen atoms in total. The van der Waals surface area contributed by atoms with Gasteiger partial charge in [0.2, 0.25) is 0 Å². The van der Waals surface area contributed by atoms with E-state index in [9.17, 15) is 0 Å². The average molecular weight is 107 g/mol. The number of fused-ring (bicyclic) bond motifs is 1. The molecule has 0 aromatic carbocycles. The third kappa shape index (κ3) is 0.102. The van der Waals surface area contributed by atoms with Gasteiger partial charge in [-0.05, 0) is 25.2 Å². The Morgan fingerprint density at radius 1 is 1.50 bits per heavy atom. The maximum atomic E-state index is 2.74. The van der Waals surface area contributed by atoms with Gasteiger partial charge in [0.1, 0.15) is 0 Å². The zero-order valence-corrected chi connectivity index (χ0v) is 4.80. The molecule has 42 valence electrons. The summed E-state index contributed by atoms with van der Waals surface area (Å²) in [6, 6.07) is 2.22. The van der Waals surface area contributed by atoms with E-state index in [-0.39, 0.29) is 0 Å². The molecule has 4 aliphatic rings. The molecular weight excluding hydrogens is 98.1 g/mol. The molecule has 4 unspecified atom stereocenters. The van der Waals surface area contributed by atoms with E-state index in [4.69, 9.17) is 0 Å². The highest BCUT2D eigenvalue weighted by atomic mass is 15.6. The summed E-state index contributed by atoms with van der Waals surface area (Å²) in [6.45, 7) is 0. The van der Waals surface area contributed by atoms with Crippen molar-refractivity contribution in [3.8, 4) is 0 Å². The molecule has 0 aromatic heterocycles. The van der Waals surface area contributed by atoms with Crippen molar-refractivity contribution in [1.82, 2.24) is 4.90 Å². The number of rotatable bonds is 0. The summed E-state index contributed by atoms with van der Waals surface area (Å²) in [7, 11) is 0. The molecule has 0 N–H and O–H groups in total. The van der Waals surface area contributed by atoms with Crippen LogP contribution in [-0.2, 0) is 0 Å². The Morgan fingerprint density at radius 3 is 2.75 bits per heavy atom. The van der Waals surface area contributed by atoms with Crippen molar-refractivity contribution in [3.63, 3.8) is 0 Å². The van der Waals surface area contributed by atoms with Crippen molar-refractivity contribution in [2.24, 2.45) is 5.92 Å². The molecule has 1 spiro atoms. The number of piperidine rings is 2. The lowest BCUT2D eigenvalue weighted by atomic mass is 9.67. The van der Waals surface area contributed by atoms with E-state index in [0.717, 1.165) is 17.6 Å². The molecule has 1 heteroatoms. The molecule has 0 aromatic rings. The topological polar surface area (TPSA) is 3.01 Å². The predicted molar refractivity (Wildman–Crippen MR) is 29.5 cm³/mol. The van der Waals surface area contributed by atoms with Gasteiger partial charge in [-0.2, -0.15) is 0 Å². The second kappa shape index (κ2) is 0.563. The first-order chi connectivity index (χ1) is 3.94. The third-order valence-corrected chi connectivity index (χ3v) is 4.11. The smallest absolute Gasteiger partial charge is 0.0415 e. The van der Waals surface area contributed by atoms with E-state index < -0.39 is 0 Å². The van der Waals surface area contributed by atoms with Crippen LogP contribution in [0, 0.1) is 5.92 Å². The van der Waals surface area contributed by atoms with Gasteiger partial charge in [-0.15, -0.1) is 0 Å². The first-order valence-electron chi connectivity index (χ1n) is 3.73. The summed E-state index contributed by atoms with van der Waals surface area (Å²) in [5.74, 6) is 1.20. The van der Waals surface area contributed by atoms with Gasteiger partial charge in [0.25, 0.3) is 0 Å². The zero-order valence-electron chi connectivity index (χ0n) is 4.80. The van der Waals surface area contributed by atoms with E-state index >= 15 is 0 Å². The molecule has 1 saturated carbocycles. The minimum absolute atomic E-state index is 0.894. The Hall–Kier alpha value is -0.0400. The van der Waals surface area contributed by atoms with Crippen molar-refractivity contribution in [3.05, 3.63) is 0 Å². The van der Waals surface area contributed by atoms with Gasteiger partial charge >= 0.3 is 0 Å². The van der Waals surface area contributed by atoms with Gasteiger partial charge in [0.15, 0.2) is 0 Å². The fraction of sp³-hybridized carbons (Fsp3) is 1.00. The van der Waals surface area contributed by atoms with Gasteiger partial charge in [0.05, 0.1) is 0 Å². The minimum Gasteiger partial charge on any atom is -0.288 e. The molecule has 0 radical (unpaired) electrons. The molecule has 0 amide bonds. The van der Waals surface area contributed by atoms with Crippen molar-refractivity contribution < 1.29 is 0 Å². The maximum absolute atomic E-state index is 2.74. The fourth-order valence-corrected chi connectivity index (χ4v) is 3.64. The van der Waals surface area contributed by atoms with Crippen LogP contribution in [-0.4, -0.2) is 22.5 Å². The molecule has 5 atom stereocenters. The predicted octanol–water partition coefficient (Wildman–Crippen LogP) is 0.605. The summed E-state index contributed by atoms with van der Waals surface area (Å²) in [5.41, 5.74) is 0.894. The molecule has 4 rings (SSSR count). The highest BCUT2D eigenvalue weighted by molar-refractivity contribution is 5.44. The molecule has 1 aliphatic carbocycles. The first-order valence-corrected chi connectivity index (χ1v) is 3.73. The van der Waals surface area contributed by atoms with Crippen LogP contribution in [0.2, 0.25) is 0 Å². The molecule has 0 bridgehead atoms. The van der Waals surface area contributed by atoms with Gasteiger partial charge in [-0.3, -0.25) is 4.90 Å². The van der Waals surface area contributed by atoms with Crippen molar-refractivity contribution >= 4 is 0 Å². The molecule has 3 aliphatic heterocycles. The highest BCUT2D eigenvalue weighted by Crippen LogP contribution is 2.80. The minimum atomic E-state index is 0.894. The number of hydrogen-bond donors (Lipinski definition) is 0. The summed E-state index contributed by atoms with van der Waals surface area (Å²) < 4.78 is 0. The normalized spacial score (nSPS) is 87.0. The largest absolute Gasteiger partial charge is 0.288 e. The lowest BCUT2D eigenvalue weighted by Gasteiger charge is -2.52. The van der Waals surface area contributed by atoms with Crippen LogP contribution in [0.3, 0.4) is 0 Å². The zero-order chi connectivity index (χ0) is 4.93. The van der Waals surface area contributed by atoms with Crippen LogP contribution in [0.4, 0.5) is 0 Å². The van der Waals surface area contributed by atoms with Gasteiger partial charge in [-0.25, -0.2) is 0 Å². The lowest BCUT2D eigenvalue weighted by Crippen LogP contribution is -2.58. The van der Waals surface area contributed by atoms with E-state index in [2.05, 4.69) is 4.90 Å². The van der Waals surface area contributed by atoms with Gasteiger partial charge < -0.3 is 0 Å². The van der Waals surface area contributed by atoms with E-state index in [1.165, 1.54) is 5.92 Å². The Morgan fingerprint density at radius 2 is 2.50 bits per heavy atom. The summed E-state index contributed by atoms with van der Waals surface area (Å²) in [6.07, 6.45) is 4.70. The van der Waals surface area contributed by atoms with Crippen LogP contribution in [0.15, 0.2) is 0 Å². The number of nitrogens with zero attached hydrogens (tertiary/aromatic N) is 1. The number of hydrogen-bond acceptors (Lipinski definition) is 1. The second-order valence-electron chi connectivity index (χ2n) is 3.86. The standard InChI is InChI=1S/C7H9N/c1-2-7-4(1)5-3-6(7)8(5)7/h4-6H,1-3H2/t4?,5?,6?,7-,8?/m0/s1. The quantitative estimate of drug-likeness (QED) is 0.410.